The van der Waals surface area contributed by atoms with Gasteiger partial charge in [0.25, 0.3) is 0 Å². The molecule has 1 atom stereocenters. The average molecular weight is 566 g/mol. The van der Waals surface area contributed by atoms with Crippen molar-refractivity contribution in [1.29, 1.82) is 0 Å². The number of benzene rings is 3. The van der Waals surface area contributed by atoms with Crippen molar-refractivity contribution in [2.45, 2.75) is 49.2 Å². The fourth-order valence-corrected chi connectivity index (χ4v) is 5.64. The van der Waals surface area contributed by atoms with Crippen LogP contribution in [-0.4, -0.2) is 37.7 Å². The highest BCUT2D eigenvalue weighted by molar-refractivity contribution is 7.89. The summed E-state index contributed by atoms with van der Waals surface area (Å²) in [5.74, 6) is -0.513. The topological polar surface area (TPSA) is 95.6 Å². The summed E-state index contributed by atoms with van der Waals surface area (Å²) in [6, 6.07) is 22.1. The first-order valence-corrected chi connectivity index (χ1v) is 14.7. The van der Waals surface area contributed by atoms with Crippen molar-refractivity contribution in [3.8, 4) is 0 Å². The number of hydrogen-bond donors (Lipinski definition) is 2. The van der Waals surface area contributed by atoms with Gasteiger partial charge in [0.1, 0.15) is 6.04 Å². The molecule has 7 nitrogen and oxygen atoms in total. The number of sulfonamides is 1. The highest BCUT2D eigenvalue weighted by Gasteiger charge is 2.31. The maximum atomic E-state index is 13.7. The van der Waals surface area contributed by atoms with E-state index >= 15 is 0 Å². The van der Waals surface area contributed by atoms with Gasteiger partial charge in [-0.2, -0.15) is 0 Å². The van der Waals surface area contributed by atoms with E-state index in [4.69, 9.17) is 11.6 Å². The molecule has 9 heteroatoms. The standard InChI is InChI=1S/C30H32ClN3O4S/c1-2-20-32-30(36)29(24-6-4-3-5-7-24)34(21-23-8-13-25(31)14-9-23)28(35)19-12-22-10-17-27(18-11-22)39(37,38)33-26-15-16-26/h2-11,13-14,17-18,26,29,33H,1,12,15-16,19-21H2,(H,32,36)/t29-/m1/s1. The average Bonchev–Trinajstić information content (AvgIpc) is 3.75. The van der Waals surface area contributed by atoms with Crippen LogP contribution in [0.25, 0.3) is 0 Å². The number of hydrogen-bond acceptors (Lipinski definition) is 4. The summed E-state index contributed by atoms with van der Waals surface area (Å²) < 4.78 is 27.6. The molecule has 2 N–H and O–H groups in total. The predicted octanol–water partition coefficient (Wildman–Crippen LogP) is 4.79. The first kappa shape index (κ1) is 28.5. The van der Waals surface area contributed by atoms with E-state index in [9.17, 15) is 18.0 Å². The summed E-state index contributed by atoms with van der Waals surface area (Å²) in [6.07, 6.45) is 3.85. The van der Waals surface area contributed by atoms with Gasteiger partial charge in [-0.3, -0.25) is 9.59 Å². The number of halogens is 1. The summed E-state index contributed by atoms with van der Waals surface area (Å²) in [7, 11) is -3.54. The van der Waals surface area contributed by atoms with Gasteiger partial charge in [0.05, 0.1) is 4.90 Å². The number of carbonyl (C=O) groups excluding carboxylic acids is 2. The van der Waals surface area contributed by atoms with Crippen LogP contribution in [0, 0.1) is 0 Å². The van der Waals surface area contributed by atoms with Gasteiger partial charge < -0.3 is 10.2 Å². The van der Waals surface area contributed by atoms with Crippen LogP contribution >= 0.6 is 11.6 Å². The molecule has 0 spiro atoms. The number of rotatable bonds is 13. The Balaban J connectivity index is 1.55. The molecular weight excluding hydrogens is 534 g/mol. The molecule has 3 aromatic carbocycles. The predicted molar refractivity (Wildman–Crippen MR) is 152 cm³/mol. The van der Waals surface area contributed by atoms with Crippen LogP contribution in [0.1, 0.15) is 42.0 Å². The molecular formula is C30H32ClN3O4S. The summed E-state index contributed by atoms with van der Waals surface area (Å²) in [4.78, 5) is 28.9. The lowest BCUT2D eigenvalue weighted by atomic mass is 10.0. The maximum absolute atomic E-state index is 13.7. The van der Waals surface area contributed by atoms with Crippen LogP contribution in [0.2, 0.25) is 5.02 Å². The summed E-state index contributed by atoms with van der Waals surface area (Å²) in [6.45, 7) is 4.16. The fraction of sp³-hybridized carbons (Fsp3) is 0.267. The number of carbonyl (C=O) groups is 2. The Morgan fingerprint density at radius 1 is 0.974 bits per heavy atom. The highest BCUT2D eigenvalue weighted by atomic mass is 35.5. The van der Waals surface area contributed by atoms with Crippen LogP contribution in [0.3, 0.4) is 0 Å². The monoisotopic (exact) mass is 565 g/mol. The first-order valence-electron chi connectivity index (χ1n) is 12.9. The zero-order valence-electron chi connectivity index (χ0n) is 21.6. The summed E-state index contributed by atoms with van der Waals surface area (Å²) in [5, 5.41) is 3.42. The molecule has 0 radical (unpaired) electrons. The van der Waals surface area contributed by atoms with Crippen LogP contribution in [0.15, 0.2) is 96.4 Å². The normalized spacial score (nSPS) is 13.9. The zero-order valence-corrected chi connectivity index (χ0v) is 23.1. The van der Waals surface area contributed by atoms with Crippen LogP contribution in [-0.2, 0) is 32.6 Å². The van der Waals surface area contributed by atoms with Crippen molar-refractivity contribution in [2.75, 3.05) is 6.54 Å². The van der Waals surface area contributed by atoms with Crippen molar-refractivity contribution in [2.24, 2.45) is 0 Å². The van der Waals surface area contributed by atoms with Crippen molar-refractivity contribution < 1.29 is 18.0 Å². The van der Waals surface area contributed by atoms with Crippen LogP contribution in [0.4, 0.5) is 0 Å². The molecule has 1 fully saturated rings. The van der Waals surface area contributed by atoms with Gasteiger partial charge in [0, 0.05) is 30.6 Å². The second-order valence-electron chi connectivity index (χ2n) is 9.53. The van der Waals surface area contributed by atoms with E-state index < -0.39 is 16.1 Å². The fourth-order valence-electron chi connectivity index (χ4n) is 4.21. The third kappa shape index (κ3) is 8.02. The number of aryl methyl sites for hydroxylation is 1. The lowest BCUT2D eigenvalue weighted by molar-refractivity contribution is -0.141. The van der Waals surface area contributed by atoms with E-state index in [1.54, 1.807) is 47.4 Å². The van der Waals surface area contributed by atoms with E-state index in [1.807, 2.05) is 42.5 Å². The van der Waals surface area contributed by atoms with Gasteiger partial charge in [0.2, 0.25) is 21.8 Å². The van der Waals surface area contributed by atoms with Crippen molar-refractivity contribution >= 4 is 33.4 Å². The number of nitrogens with zero attached hydrogens (tertiary/aromatic N) is 1. The molecule has 3 aromatic rings. The SMILES string of the molecule is C=CCNC(=O)[C@@H](c1ccccc1)N(Cc1ccc(Cl)cc1)C(=O)CCc1ccc(S(=O)(=O)NC2CC2)cc1. The Morgan fingerprint density at radius 2 is 1.62 bits per heavy atom. The molecule has 1 saturated carbocycles. The van der Waals surface area contributed by atoms with E-state index in [1.165, 1.54) is 0 Å². The third-order valence-electron chi connectivity index (χ3n) is 6.44. The Morgan fingerprint density at radius 3 is 2.23 bits per heavy atom. The van der Waals surface area contributed by atoms with E-state index in [0.29, 0.717) is 17.0 Å². The lowest BCUT2D eigenvalue weighted by Gasteiger charge is -2.31. The van der Waals surface area contributed by atoms with E-state index in [-0.39, 0.29) is 42.3 Å². The Hall–Kier alpha value is -3.46. The first-order chi connectivity index (χ1) is 18.8. The van der Waals surface area contributed by atoms with Crippen molar-refractivity contribution in [1.82, 2.24) is 14.9 Å². The Kier molecular flexibility index (Phi) is 9.56. The quantitative estimate of drug-likeness (QED) is 0.291. The smallest absolute Gasteiger partial charge is 0.247 e. The minimum Gasteiger partial charge on any atom is -0.351 e. The molecule has 4 rings (SSSR count). The molecule has 0 aromatic heterocycles. The number of nitrogens with one attached hydrogen (secondary N) is 2. The van der Waals surface area contributed by atoms with Gasteiger partial charge in [0.15, 0.2) is 0 Å². The van der Waals surface area contributed by atoms with Gasteiger partial charge in [-0.05, 0) is 60.2 Å². The molecule has 0 unspecified atom stereocenters. The van der Waals surface area contributed by atoms with Gasteiger partial charge in [-0.15, -0.1) is 6.58 Å². The van der Waals surface area contributed by atoms with E-state index in [0.717, 1.165) is 24.0 Å². The third-order valence-corrected chi connectivity index (χ3v) is 8.23. The second kappa shape index (κ2) is 13.1. The molecule has 39 heavy (non-hydrogen) atoms. The zero-order chi connectivity index (χ0) is 27.8. The number of amides is 2. The summed E-state index contributed by atoms with van der Waals surface area (Å²) >= 11 is 6.07. The van der Waals surface area contributed by atoms with Crippen LogP contribution < -0.4 is 10.0 Å². The largest absolute Gasteiger partial charge is 0.351 e. The second-order valence-corrected chi connectivity index (χ2v) is 11.7. The minimum absolute atomic E-state index is 0.0279. The molecule has 204 valence electrons. The lowest BCUT2D eigenvalue weighted by Crippen LogP contribution is -2.43. The molecule has 0 saturated heterocycles. The minimum atomic E-state index is -3.54. The molecule has 0 bridgehead atoms. The van der Waals surface area contributed by atoms with E-state index in [2.05, 4.69) is 16.6 Å². The molecule has 1 aliphatic carbocycles. The molecule has 0 aliphatic heterocycles. The van der Waals surface area contributed by atoms with Gasteiger partial charge >= 0.3 is 0 Å². The Labute approximate surface area is 234 Å². The van der Waals surface area contributed by atoms with Gasteiger partial charge in [-0.1, -0.05) is 72.3 Å². The van der Waals surface area contributed by atoms with Crippen molar-refractivity contribution in [3.63, 3.8) is 0 Å². The maximum Gasteiger partial charge on any atom is 0.247 e. The Bertz CT molecular complexity index is 1390. The molecule has 2 amide bonds. The van der Waals surface area contributed by atoms with Crippen molar-refractivity contribution in [3.05, 3.63) is 113 Å². The van der Waals surface area contributed by atoms with Crippen LogP contribution in [0.5, 0.6) is 0 Å². The summed E-state index contributed by atoms with van der Waals surface area (Å²) in [5.41, 5.74) is 2.36. The molecule has 1 aliphatic rings. The molecule has 0 heterocycles. The highest BCUT2D eigenvalue weighted by Crippen LogP contribution is 2.26. The van der Waals surface area contributed by atoms with Gasteiger partial charge in [-0.25, -0.2) is 13.1 Å².